The van der Waals surface area contributed by atoms with Gasteiger partial charge in [-0.05, 0) is 18.2 Å². The molecule has 2 amide bonds. The number of nitrogens with one attached hydrogen (secondary N) is 1. The normalized spacial score (nSPS) is 9.59. The molecule has 0 bridgehead atoms. The molecule has 0 heterocycles. The van der Waals surface area contributed by atoms with Gasteiger partial charge < -0.3 is 16.0 Å². The van der Waals surface area contributed by atoms with Gasteiger partial charge >= 0.3 is 0 Å². The van der Waals surface area contributed by atoms with Gasteiger partial charge in [-0.25, -0.2) is 4.39 Å². The van der Waals surface area contributed by atoms with Crippen LogP contribution in [-0.2, 0) is 16.1 Å². The largest absolute Gasteiger partial charge is 0.346 e. The van der Waals surface area contributed by atoms with Crippen molar-refractivity contribution in [1.82, 2.24) is 10.2 Å². The van der Waals surface area contributed by atoms with Gasteiger partial charge in [-0.2, -0.15) is 0 Å². The summed E-state index contributed by atoms with van der Waals surface area (Å²) in [6, 6.07) is 4.52. The zero-order chi connectivity index (χ0) is 15.8. The molecule has 0 saturated heterocycles. The average Bonchev–Trinajstić information content (AvgIpc) is 2.47. The third-order valence-electron chi connectivity index (χ3n) is 2.69. The number of carbonyl (C=O) groups is 2. The first-order chi connectivity index (χ1) is 9.97. The molecule has 0 aromatic heterocycles. The van der Waals surface area contributed by atoms with Crippen molar-refractivity contribution in [3.63, 3.8) is 0 Å². The minimum atomic E-state index is -0.421. The summed E-state index contributed by atoms with van der Waals surface area (Å²) in [5.41, 5.74) is 5.52. The maximum atomic E-state index is 13.7. The molecule has 0 aliphatic carbocycles. The molecule has 22 heavy (non-hydrogen) atoms. The van der Waals surface area contributed by atoms with Gasteiger partial charge in [0.1, 0.15) is 5.82 Å². The zero-order valence-electron chi connectivity index (χ0n) is 11.9. The summed E-state index contributed by atoms with van der Waals surface area (Å²) in [7, 11) is 0. The van der Waals surface area contributed by atoms with E-state index in [9.17, 15) is 14.0 Å². The second kappa shape index (κ2) is 10.3. The Morgan fingerprint density at radius 1 is 1.45 bits per heavy atom. The van der Waals surface area contributed by atoms with E-state index < -0.39 is 11.7 Å². The molecule has 1 aromatic rings. The molecule has 0 spiro atoms. The van der Waals surface area contributed by atoms with Crippen molar-refractivity contribution in [3.05, 3.63) is 46.7 Å². The quantitative estimate of drug-likeness (QED) is 0.690. The van der Waals surface area contributed by atoms with Gasteiger partial charge in [-0.15, -0.1) is 19.0 Å². The number of benzene rings is 1. The Hall–Kier alpha value is -1.44. The van der Waals surface area contributed by atoms with Crippen molar-refractivity contribution in [3.8, 4) is 0 Å². The van der Waals surface area contributed by atoms with Crippen molar-refractivity contribution in [2.45, 2.75) is 6.54 Å². The predicted octanol–water partition coefficient (Wildman–Crippen LogP) is 1.60. The lowest BCUT2D eigenvalue weighted by Gasteiger charge is -2.22. The number of rotatable bonds is 7. The fourth-order valence-corrected chi connectivity index (χ4v) is 2.05. The summed E-state index contributed by atoms with van der Waals surface area (Å²) < 4.78 is 14.5. The van der Waals surface area contributed by atoms with Gasteiger partial charge in [0, 0.05) is 23.1 Å². The first-order valence-corrected chi connectivity index (χ1v) is 7.06. The Morgan fingerprint density at radius 3 is 2.73 bits per heavy atom. The molecular formula is C14H18BrClFN3O2. The highest BCUT2D eigenvalue weighted by Crippen LogP contribution is 2.17. The van der Waals surface area contributed by atoms with E-state index in [2.05, 4.69) is 27.8 Å². The molecular weight excluding hydrogens is 377 g/mol. The summed E-state index contributed by atoms with van der Waals surface area (Å²) in [5, 5.41) is 2.39. The molecule has 0 unspecified atom stereocenters. The zero-order valence-corrected chi connectivity index (χ0v) is 14.3. The number of amides is 2. The van der Waals surface area contributed by atoms with Crippen LogP contribution < -0.4 is 11.1 Å². The second-order valence-corrected chi connectivity index (χ2v) is 5.20. The number of nitrogens with two attached hydrogens (primary N) is 1. The highest BCUT2D eigenvalue weighted by atomic mass is 79.9. The van der Waals surface area contributed by atoms with E-state index >= 15 is 0 Å². The highest BCUT2D eigenvalue weighted by molar-refractivity contribution is 9.10. The number of halogens is 3. The van der Waals surface area contributed by atoms with E-state index in [1.807, 2.05) is 0 Å². The lowest BCUT2D eigenvalue weighted by atomic mass is 10.2. The molecule has 0 atom stereocenters. The van der Waals surface area contributed by atoms with Crippen LogP contribution in [0.1, 0.15) is 5.56 Å². The first kappa shape index (κ1) is 20.6. The van der Waals surface area contributed by atoms with E-state index in [1.54, 1.807) is 18.2 Å². The van der Waals surface area contributed by atoms with Crippen LogP contribution in [0.2, 0.25) is 0 Å². The van der Waals surface area contributed by atoms with Crippen LogP contribution in [0.3, 0.4) is 0 Å². The van der Waals surface area contributed by atoms with Crippen LogP contribution in [0.5, 0.6) is 0 Å². The third-order valence-corrected chi connectivity index (χ3v) is 3.19. The van der Waals surface area contributed by atoms with Gasteiger partial charge in [-0.3, -0.25) is 9.59 Å². The van der Waals surface area contributed by atoms with E-state index in [0.717, 1.165) is 4.47 Å². The molecule has 5 nitrogen and oxygen atoms in total. The lowest BCUT2D eigenvalue weighted by molar-refractivity contribution is -0.132. The summed E-state index contributed by atoms with van der Waals surface area (Å²) in [6.07, 6.45) is 1.54. The maximum absolute atomic E-state index is 13.7. The lowest BCUT2D eigenvalue weighted by Crippen LogP contribution is -2.41. The molecule has 0 aliphatic heterocycles. The molecule has 0 aliphatic rings. The van der Waals surface area contributed by atoms with Gasteiger partial charge in [-0.1, -0.05) is 22.0 Å². The number of nitrogens with zero attached hydrogens (tertiary/aromatic N) is 1. The maximum Gasteiger partial charge on any atom is 0.242 e. The van der Waals surface area contributed by atoms with E-state index in [-0.39, 0.29) is 44.5 Å². The summed E-state index contributed by atoms with van der Waals surface area (Å²) in [4.78, 5) is 24.5. The Labute approximate surface area is 143 Å². The van der Waals surface area contributed by atoms with Gasteiger partial charge in [0.2, 0.25) is 11.8 Å². The monoisotopic (exact) mass is 393 g/mol. The van der Waals surface area contributed by atoms with Crippen LogP contribution in [-0.4, -0.2) is 36.3 Å². The van der Waals surface area contributed by atoms with E-state index in [1.165, 1.54) is 11.0 Å². The molecule has 1 aromatic carbocycles. The Kier molecular flexibility index (Phi) is 9.64. The van der Waals surface area contributed by atoms with Gasteiger partial charge in [0.25, 0.3) is 0 Å². The van der Waals surface area contributed by atoms with Gasteiger partial charge in [0.15, 0.2) is 0 Å². The van der Waals surface area contributed by atoms with Crippen molar-refractivity contribution in [1.29, 1.82) is 0 Å². The predicted molar refractivity (Wildman–Crippen MR) is 89.0 cm³/mol. The number of hydrogen-bond donors (Lipinski definition) is 2. The highest BCUT2D eigenvalue weighted by Gasteiger charge is 2.15. The van der Waals surface area contributed by atoms with E-state index in [4.69, 9.17) is 5.73 Å². The van der Waals surface area contributed by atoms with Crippen LogP contribution >= 0.6 is 28.3 Å². The molecule has 122 valence electrons. The van der Waals surface area contributed by atoms with Crippen LogP contribution in [0, 0.1) is 5.82 Å². The standard InChI is InChI=1S/C14H17BrFN3O2.ClH/c1-2-5-19(14(21)8-18-13(20)7-17)9-10-6-11(15)3-4-12(10)16;/h2-4,6H,1,5,7-9,17H2,(H,18,20);1H. The molecule has 0 fully saturated rings. The Balaban J connectivity index is 0.00000441. The van der Waals surface area contributed by atoms with Crippen molar-refractivity contribution < 1.29 is 14.0 Å². The summed E-state index contributed by atoms with van der Waals surface area (Å²) >= 11 is 3.26. The smallest absolute Gasteiger partial charge is 0.242 e. The molecule has 0 saturated carbocycles. The Bertz CT molecular complexity index is 543. The van der Waals surface area contributed by atoms with Crippen molar-refractivity contribution in [2.75, 3.05) is 19.6 Å². The molecule has 3 N–H and O–H groups in total. The topological polar surface area (TPSA) is 75.4 Å². The van der Waals surface area contributed by atoms with Crippen molar-refractivity contribution in [2.24, 2.45) is 5.73 Å². The van der Waals surface area contributed by atoms with Gasteiger partial charge in [0.05, 0.1) is 13.1 Å². The summed E-state index contributed by atoms with van der Waals surface area (Å²) in [5.74, 6) is -1.15. The van der Waals surface area contributed by atoms with Crippen LogP contribution in [0.4, 0.5) is 4.39 Å². The molecule has 8 heteroatoms. The number of carbonyl (C=O) groups excluding carboxylic acids is 2. The third kappa shape index (κ3) is 6.55. The van der Waals surface area contributed by atoms with Crippen LogP contribution in [0.15, 0.2) is 35.3 Å². The fraction of sp³-hybridized carbons (Fsp3) is 0.286. The first-order valence-electron chi connectivity index (χ1n) is 6.27. The van der Waals surface area contributed by atoms with E-state index in [0.29, 0.717) is 5.56 Å². The fourth-order valence-electron chi connectivity index (χ4n) is 1.64. The SMILES string of the molecule is C=CCN(Cc1cc(Br)ccc1F)C(=O)CNC(=O)CN.Cl. The molecule has 0 radical (unpaired) electrons. The minimum Gasteiger partial charge on any atom is -0.346 e. The minimum absolute atomic E-state index is 0. The second-order valence-electron chi connectivity index (χ2n) is 4.28. The number of hydrogen-bond acceptors (Lipinski definition) is 3. The Morgan fingerprint density at radius 2 is 2.14 bits per heavy atom. The summed E-state index contributed by atoms with van der Waals surface area (Å²) in [6.45, 7) is 3.55. The average molecular weight is 395 g/mol. The molecule has 1 rings (SSSR count). The van der Waals surface area contributed by atoms with Crippen molar-refractivity contribution >= 4 is 40.2 Å². The van der Waals surface area contributed by atoms with Crippen LogP contribution in [0.25, 0.3) is 0 Å².